The van der Waals surface area contributed by atoms with Crippen molar-refractivity contribution in [3.8, 4) is 40.2 Å². The van der Waals surface area contributed by atoms with Crippen LogP contribution in [-0.4, -0.2) is 66.1 Å². The molecule has 0 spiro atoms. The average molecular weight is 799 g/mol. The molecular formula is C43H43ClN10O4. The molecule has 4 heterocycles. The molecule has 0 radical (unpaired) electrons. The Balaban J connectivity index is 0.948. The molecule has 6 aromatic rings. The van der Waals surface area contributed by atoms with E-state index in [1.807, 2.05) is 76.8 Å². The number of hydrogen-bond donors (Lipinski definition) is 3. The SMILES string of the molecule is C[C@@H]1CC(=O)Nc2cccc(-c3ccc4c(c3)c(-c3cnn(C)c3)nn4CCOc3ncc(C(=O)NC4C(C)(C)C(Oc5ccc(C#N)c(Cl)c5)C4(C)C)cn3)c2N1. The number of anilines is 2. The lowest BCUT2D eigenvalue weighted by molar-refractivity contribution is -0.164. The first kappa shape index (κ1) is 38.4. The van der Waals surface area contributed by atoms with Gasteiger partial charge in [0, 0.05) is 77.6 Å². The Bertz CT molecular complexity index is 2590. The van der Waals surface area contributed by atoms with Gasteiger partial charge >= 0.3 is 6.01 Å². The lowest BCUT2D eigenvalue weighted by Crippen LogP contribution is -2.74. The van der Waals surface area contributed by atoms with Crippen molar-refractivity contribution in [1.29, 1.82) is 5.26 Å². The zero-order valence-electron chi connectivity index (χ0n) is 33.0. The van der Waals surface area contributed by atoms with Gasteiger partial charge in [-0.3, -0.25) is 19.0 Å². The van der Waals surface area contributed by atoms with Crippen molar-refractivity contribution in [2.45, 2.75) is 65.8 Å². The Morgan fingerprint density at radius 3 is 2.53 bits per heavy atom. The van der Waals surface area contributed by atoms with Crippen molar-refractivity contribution >= 4 is 45.7 Å². The Kier molecular flexibility index (Phi) is 9.80. The highest BCUT2D eigenvalue weighted by Crippen LogP contribution is 2.55. The van der Waals surface area contributed by atoms with Crippen LogP contribution in [0.5, 0.6) is 11.8 Å². The molecule has 15 heteroatoms. The van der Waals surface area contributed by atoms with Gasteiger partial charge in [0.2, 0.25) is 5.91 Å². The van der Waals surface area contributed by atoms with Crippen molar-refractivity contribution in [2.24, 2.45) is 17.9 Å². The zero-order chi connectivity index (χ0) is 40.9. The molecule has 1 aliphatic carbocycles. The van der Waals surface area contributed by atoms with Crippen LogP contribution >= 0.6 is 11.6 Å². The van der Waals surface area contributed by atoms with Crippen LogP contribution in [0.1, 0.15) is 57.0 Å². The van der Waals surface area contributed by atoms with E-state index in [9.17, 15) is 14.9 Å². The van der Waals surface area contributed by atoms with Crippen LogP contribution in [0.2, 0.25) is 5.02 Å². The molecule has 0 bridgehead atoms. The summed E-state index contributed by atoms with van der Waals surface area (Å²) in [6.45, 7) is 10.8. The number of para-hydroxylation sites is 1. The quantitative estimate of drug-likeness (QED) is 0.128. The molecule has 1 fully saturated rings. The summed E-state index contributed by atoms with van der Waals surface area (Å²) in [7, 11) is 1.87. The zero-order valence-corrected chi connectivity index (χ0v) is 33.8. The van der Waals surface area contributed by atoms with E-state index in [0.717, 1.165) is 44.7 Å². The number of halogens is 1. The Hall–Kier alpha value is -6.46. The molecule has 2 amide bonds. The summed E-state index contributed by atoms with van der Waals surface area (Å²) in [5.41, 5.74) is 5.99. The van der Waals surface area contributed by atoms with Gasteiger partial charge in [0.05, 0.1) is 45.8 Å². The van der Waals surface area contributed by atoms with Gasteiger partial charge in [0.1, 0.15) is 30.2 Å². The molecule has 3 aromatic carbocycles. The number of amides is 2. The van der Waals surface area contributed by atoms with Crippen molar-refractivity contribution < 1.29 is 19.1 Å². The van der Waals surface area contributed by atoms with Gasteiger partial charge in [-0.05, 0) is 42.8 Å². The first-order valence-electron chi connectivity index (χ1n) is 19.0. The van der Waals surface area contributed by atoms with Gasteiger partial charge in [0.25, 0.3) is 5.91 Å². The van der Waals surface area contributed by atoms with E-state index in [-0.39, 0.29) is 42.6 Å². The van der Waals surface area contributed by atoms with Gasteiger partial charge in [-0.15, -0.1) is 0 Å². The third kappa shape index (κ3) is 7.06. The molecule has 14 nitrogen and oxygen atoms in total. The number of nitrogens with zero attached hydrogens (tertiary/aromatic N) is 7. The number of aromatic nitrogens is 6. The van der Waals surface area contributed by atoms with E-state index >= 15 is 0 Å². The fraction of sp³-hybridized carbons (Fsp3) is 0.326. The van der Waals surface area contributed by atoms with Crippen LogP contribution in [-0.2, 0) is 18.4 Å². The lowest BCUT2D eigenvalue weighted by atomic mass is 9.49. The number of rotatable bonds is 10. The Morgan fingerprint density at radius 1 is 1.05 bits per heavy atom. The fourth-order valence-electron chi connectivity index (χ4n) is 8.64. The number of carbonyl (C=O) groups is 2. The van der Waals surface area contributed by atoms with Crippen LogP contribution < -0.4 is 25.4 Å². The smallest absolute Gasteiger partial charge is 0.316 e. The maximum absolute atomic E-state index is 13.4. The predicted molar refractivity (Wildman–Crippen MR) is 221 cm³/mol. The summed E-state index contributed by atoms with van der Waals surface area (Å²) in [4.78, 5) is 34.5. The number of nitrogens with one attached hydrogen (secondary N) is 3. The summed E-state index contributed by atoms with van der Waals surface area (Å²) in [5.74, 6) is 0.242. The maximum atomic E-state index is 13.4. The van der Waals surface area contributed by atoms with E-state index in [4.69, 9.17) is 26.2 Å². The highest BCUT2D eigenvalue weighted by Gasteiger charge is 2.64. The fourth-order valence-corrected chi connectivity index (χ4v) is 8.86. The number of ether oxygens (including phenoxy) is 2. The number of nitriles is 1. The molecule has 8 rings (SSSR count). The molecule has 1 atom stereocenters. The van der Waals surface area contributed by atoms with Crippen molar-refractivity contribution in [3.05, 3.63) is 95.5 Å². The van der Waals surface area contributed by atoms with Gasteiger partial charge in [-0.25, -0.2) is 9.97 Å². The van der Waals surface area contributed by atoms with Gasteiger partial charge in [0.15, 0.2) is 0 Å². The summed E-state index contributed by atoms with van der Waals surface area (Å²) in [5, 5.41) is 29.6. The minimum absolute atomic E-state index is 0.0210. The third-order valence-corrected chi connectivity index (χ3v) is 11.4. The summed E-state index contributed by atoms with van der Waals surface area (Å²) in [6, 6.07) is 19.1. The van der Waals surface area contributed by atoms with Crippen LogP contribution in [0.25, 0.3) is 33.3 Å². The van der Waals surface area contributed by atoms with Gasteiger partial charge in [-0.2, -0.15) is 15.5 Å². The van der Waals surface area contributed by atoms with Crippen molar-refractivity contribution in [1.82, 2.24) is 34.8 Å². The molecule has 1 saturated carbocycles. The van der Waals surface area contributed by atoms with Crippen LogP contribution in [0.3, 0.4) is 0 Å². The Morgan fingerprint density at radius 2 is 1.83 bits per heavy atom. The van der Waals surface area contributed by atoms with Crippen LogP contribution in [0, 0.1) is 22.2 Å². The van der Waals surface area contributed by atoms with Crippen molar-refractivity contribution in [3.63, 3.8) is 0 Å². The third-order valence-electron chi connectivity index (χ3n) is 11.1. The highest BCUT2D eigenvalue weighted by molar-refractivity contribution is 6.31. The molecule has 296 valence electrons. The minimum Gasteiger partial charge on any atom is -0.489 e. The van der Waals surface area contributed by atoms with E-state index in [0.29, 0.717) is 34.9 Å². The number of fused-ring (bicyclic) bond motifs is 2. The molecule has 1 aliphatic heterocycles. The topological polar surface area (TPSA) is 174 Å². The van der Waals surface area contributed by atoms with Crippen LogP contribution in [0.4, 0.5) is 11.4 Å². The average Bonchev–Trinajstić information content (AvgIpc) is 3.74. The highest BCUT2D eigenvalue weighted by atomic mass is 35.5. The number of carbonyl (C=O) groups excluding carboxylic acids is 2. The predicted octanol–water partition coefficient (Wildman–Crippen LogP) is 7.25. The van der Waals surface area contributed by atoms with E-state index in [1.165, 1.54) is 12.4 Å². The van der Waals surface area contributed by atoms with Gasteiger partial charge < -0.3 is 25.4 Å². The van der Waals surface area contributed by atoms with Crippen molar-refractivity contribution in [2.75, 3.05) is 17.2 Å². The van der Waals surface area contributed by atoms with Gasteiger partial charge in [-0.1, -0.05) is 57.5 Å². The molecule has 2 aliphatic rings. The minimum atomic E-state index is -0.423. The Labute approximate surface area is 340 Å². The largest absolute Gasteiger partial charge is 0.489 e. The monoisotopic (exact) mass is 798 g/mol. The number of hydrogen-bond acceptors (Lipinski definition) is 10. The van der Waals surface area contributed by atoms with E-state index in [1.54, 1.807) is 29.1 Å². The number of aryl methyl sites for hydroxylation is 1. The second kappa shape index (κ2) is 14.8. The molecule has 58 heavy (non-hydrogen) atoms. The second-order valence-corrected chi connectivity index (χ2v) is 16.5. The lowest BCUT2D eigenvalue weighted by Gasteiger charge is -2.63. The molecule has 3 N–H and O–H groups in total. The second-order valence-electron chi connectivity index (χ2n) is 16.1. The van der Waals surface area contributed by atoms with Crippen LogP contribution in [0.15, 0.2) is 79.4 Å². The molecular weight excluding hydrogens is 756 g/mol. The number of benzene rings is 3. The summed E-state index contributed by atoms with van der Waals surface area (Å²) in [6.07, 6.45) is 6.79. The maximum Gasteiger partial charge on any atom is 0.316 e. The molecule has 0 saturated heterocycles. The first-order valence-corrected chi connectivity index (χ1v) is 19.4. The summed E-state index contributed by atoms with van der Waals surface area (Å²) < 4.78 is 15.9. The van der Waals surface area contributed by atoms with E-state index < -0.39 is 10.8 Å². The summed E-state index contributed by atoms with van der Waals surface area (Å²) >= 11 is 6.24. The normalized spacial score (nSPS) is 19.1. The standard InChI is InChI=1S/C43H43ClN10O4/c1-24-16-35(55)50-33-9-7-8-30(37(33)49-24)25-11-13-34-31(17-25)36(28-22-48-53(6)23-28)52-54(34)14-15-57-41-46-20-27(21-47-41)38(56)51-39-42(2,3)40(43(39,4)5)58-29-12-10-26(19-45)32(44)18-29/h7-13,17-18,20-24,39-40,49H,14-16H2,1-6H3,(H,50,55)(H,51,56)/t24-,39?,40?/m1/s1. The van der Waals surface area contributed by atoms with E-state index in [2.05, 4.69) is 49.2 Å². The first-order chi connectivity index (χ1) is 27.7. The molecule has 0 unspecified atom stereocenters. The molecule has 3 aromatic heterocycles.